The maximum Gasteiger partial charge on any atom is 0.263 e. The van der Waals surface area contributed by atoms with Crippen LogP contribution in [0.3, 0.4) is 0 Å². The van der Waals surface area contributed by atoms with Gasteiger partial charge in [-0.05, 0) is 43.7 Å². The van der Waals surface area contributed by atoms with E-state index >= 15 is 0 Å². The molecule has 0 aliphatic carbocycles. The number of carbonyl (C=O) groups excluding carboxylic acids is 1. The van der Waals surface area contributed by atoms with Crippen LogP contribution in [-0.4, -0.2) is 26.5 Å². The quantitative estimate of drug-likeness (QED) is 0.719. The fourth-order valence-electron chi connectivity index (χ4n) is 3.84. The first kappa shape index (κ1) is 17.3. The zero-order chi connectivity index (χ0) is 19.0. The maximum atomic E-state index is 13.1. The summed E-state index contributed by atoms with van der Waals surface area (Å²) in [5.41, 5.74) is 3.29. The zero-order valence-electron chi connectivity index (χ0n) is 15.6. The number of hydrogen-bond donors (Lipinski definition) is 0. The van der Waals surface area contributed by atoms with Crippen LogP contribution >= 0.6 is 0 Å². The van der Waals surface area contributed by atoms with Gasteiger partial charge in [0.25, 0.3) is 11.5 Å². The minimum absolute atomic E-state index is 0.0499. The van der Waals surface area contributed by atoms with Gasteiger partial charge < -0.3 is 14.0 Å². The Labute approximate surface area is 158 Å². The maximum absolute atomic E-state index is 13.1. The molecule has 1 atom stereocenters. The fraction of sp³-hybridized carbons (Fsp3) is 0.273. The van der Waals surface area contributed by atoms with Gasteiger partial charge in [-0.2, -0.15) is 0 Å². The molecular formula is C22H23N3O2. The molecule has 4 rings (SSSR count). The highest BCUT2D eigenvalue weighted by Gasteiger charge is 2.29. The van der Waals surface area contributed by atoms with E-state index in [0.717, 1.165) is 23.4 Å². The van der Waals surface area contributed by atoms with E-state index in [1.54, 1.807) is 27.8 Å². The third-order valence-electron chi connectivity index (χ3n) is 5.29. The lowest BCUT2D eigenvalue weighted by atomic mass is 10.1. The number of rotatable bonds is 3. The van der Waals surface area contributed by atoms with E-state index < -0.39 is 0 Å². The first-order chi connectivity index (χ1) is 13.0. The Hall–Kier alpha value is -3.08. The number of amides is 1. The molecule has 3 heterocycles. The van der Waals surface area contributed by atoms with Gasteiger partial charge in [-0.15, -0.1) is 0 Å². The van der Waals surface area contributed by atoms with Crippen LogP contribution in [0.2, 0.25) is 0 Å². The molecule has 0 N–H and O–H groups in total. The molecule has 1 amide bonds. The lowest BCUT2D eigenvalue weighted by Gasteiger charge is -2.34. The number of fused-ring (bicyclic) bond motifs is 1. The van der Waals surface area contributed by atoms with Crippen molar-refractivity contribution >= 4 is 5.91 Å². The average molecular weight is 361 g/mol. The number of carbonyl (C=O) groups is 1. The highest BCUT2D eigenvalue weighted by Crippen LogP contribution is 2.26. The van der Waals surface area contributed by atoms with E-state index in [4.69, 9.17) is 0 Å². The second-order valence-electron chi connectivity index (χ2n) is 7.14. The van der Waals surface area contributed by atoms with E-state index in [0.29, 0.717) is 13.1 Å². The van der Waals surface area contributed by atoms with Crippen LogP contribution in [0, 0.1) is 6.92 Å². The second kappa shape index (κ2) is 6.91. The van der Waals surface area contributed by atoms with Crippen molar-refractivity contribution in [3.8, 4) is 0 Å². The lowest BCUT2D eigenvalue weighted by Crippen LogP contribution is -2.43. The molecule has 0 spiro atoms. The largest absolute Gasteiger partial charge is 0.348 e. The van der Waals surface area contributed by atoms with Crippen molar-refractivity contribution in [1.82, 2.24) is 14.0 Å². The topological polar surface area (TPSA) is 47.2 Å². The summed E-state index contributed by atoms with van der Waals surface area (Å²) in [5.74, 6) is -0.196. The first-order valence-corrected chi connectivity index (χ1v) is 9.25. The summed E-state index contributed by atoms with van der Waals surface area (Å²) in [6, 6.07) is 15.5. The minimum Gasteiger partial charge on any atom is -0.348 e. The van der Waals surface area contributed by atoms with E-state index in [9.17, 15) is 9.59 Å². The summed E-state index contributed by atoms with van der Waals surface area (Å²) in [5, 5.41) is 0. The van der Waals surface area contributed by atoms with Crippen LogP contribution in [0.5, 0.6) is 0 Å². The van der Waals surface area contributed by atoms with Crippen molar-refractivity contribution in [1.29, 1.82) is 0 Å². The van der Waals surface area contributed by atoms with E-state index in [1.165, 1.54) is 0 Å². The Morgan fingerprint density at radius 1 is 1.07 bits per heavy atom. The molecule has 0 bridgehead atoms. The summed E-state index contributed by atoms with van der Waals surface area (Å²) < 4.78 is 3.77. The Bertz CT molecular complexity index is 1050. The molecule has 1 aromatic carbocycles. The fourth-order valence-corrected chi connectivity index (χ4v) is 3.84. The molecule has 5 nitrogen and oxygen atoms in total. The normalized spacial score (nSPS) is 16.2. The molecule has 5 heteroatoms. The highest BCUT2D eigenvalue weighted by molar-refractivity contribution is 5.94. The first-order valence-electron chi connectivity index (χ1n) is 9.25. The molecule has 3 aromatic rings. The minimum atomic E-state index is -0.239. The van der Waals surface area contributed by atoms with Crippen molar-refractivity contribution in [2.75, 3.05) is 6.54 Å². The molecule has 0 saturated carbocycles. The molecule has 2 aromatic heterocycles. The predicted molar refractivity (Wildman–Crippen MR) is 105 cm³/mol. The van der Waals surface area contributed by atoms with Crippen LogP contribution in [-0.2, 0) is 13.1 Å². The number of benzene rings is 1. The smallest absolute Gasteiger partial charge is 0.263 e. The molecule has 27 heavy (non-hydrogen) atoms. The second-order valence-corrected chi connectivity index (χ2v) is 7.14. The van der Waals surface area contributed by atoms with Crippen molar-refractivity contribution in [3.63, 3.8) is 0 Å². The molecule has 1 aliphatic rings. The van der Waals surface area contributed by atoms with Gasteiger partial charge in [0.1, 0.15) is 5.56 Å². The van der Waals surface area contributed by atoms with Crippen molar-refractivity contribution < 1.29 is 4.79 Å². The average Bonchev–Trinajstić information content (AvgIpc) is 3.13. The van der Waals surface area contributed by atoms with E-state index in [-0.39, 0.29) is 23.1 Å². The molecule has 0 fully saturated rings. The third kappa shape index (κ3) is 3.21. The molecule has 138 valence electrons. The standard InChI is InChI=1S/C22H23N3O2/c1-16-6-3-7-18(14-16)15-24-11-4-8-19(21(24)26)22(27)25-13-12-23-10-5-9-20(23)17(25)2/h3-11,14,17H,12-13,15H2,1-2H3/t17-/m1/s1. The molecule has 1 aliphatic heterocycles. The number of hydrogen-bond acceptors (Lipinski definition) is 2. The molecule has 0 saturated heterocycles. The number of aromatic nitrogens is 2. The van der Waals surface area contributed by atoms with Crippen molar-refractivity contribution in [2.24, 2.45) is 0 Å². The van der Waals surface area contributed by atoms with Gasteiger partial charge in [0, 0.05) is 31.2 Å². The summed E-state index contributed by atoms with van der Waals surface area (Å²) in [6.07, 6.45) is 3.78. The number of pyridine rings is 1. The van der Waals surface area contributed by atoms with Gasteiger partial charge in [-0.1, -0.05) is 29.8 Å². The monoisotopic (exact) mass is 361 g/mol. The summed E-state index contributed by atoms with van der Waals surface area (Å²) in [4.78, 5) is 27.9. The van der Waals surface area contributed by atoms with Crippen molar-refractivity contribution in [2.45, 2.75) is 33.0 Å². The number of aryl methyl sites for hydroxylation is 1. The zero-order valence-corrected chi connectivity index (χ0v) is 15.6. The van der Waals surface area contributed by atoms with Gasteiger partial charge in [-0.3, -0.25) is 9.59 Å². The lowest BCUT2D eigenvalue weighted by molar-refractivity contribution is 0.0641. The summed E-state index contributed by atoms with van der Waals surface area (Å²) in [6.45, 7) is 5.85. The van der Waals surface area contributed by atoms with Crippen LogP contribution < -0.4 is 5.56 Å². The van der Waals surface area contributed by atoms with Crippen LogP contribution in [0.15, 0.2) is 65.7 Å². The van der Waals surface area contributed by atoms with Crippen molar-refractivity contribution in [3.05, 3.63) is 93.7 Å². The van der Waals surface area contributed by atoms with Crippen LogP contribution in [0.4, 0.5) is 0 Å². The number of nitrogens with zero attached hydrogens (tertiary/aromatic N) is 3. The van der Waals surface area contributed by atoms with Gasteiger partial charge in [-0.25, -0.2) is 0 Å². The van der Waals surface area contributed by atoms with Gasteiger partial charge in [0.2, 0.25) is 0 Å². The van der Waals surface area contributed by atoms with E-state index in [2.05, 4.69) is 10.6 Å². The van der Waals surface area contributed by atoms with Crippen LogP contribution in [0.25, 0.3) is 0 Å². The summed E-state index contributed by atoms with van der Waals surface area (Å²) in [7, 11) is 0. The highest BCUT2D eigenvalue weighted by atomic mass is 16.2. The Balaban J connectivity index is 1.63. The van der Waals surface area contributed by atoms with Gasteiger partial charge in [0.05, 0.1) is 12.6 Å². The SMILES string of the molecule is Cc1cccc(Cn2cccc(C(=O)N3CCn4cccc4[C@H]3C)c2=O)c1. The predicted octanol–water partition coefficient (Wildman–Crippen LogP) is 3.22. The molecule has 0 unspecified atom stereocenters. The summed E-state index contributed by atoms with van der Waals surface area (Å²) >= 11 is 0. The molecular weight excluding hydrogens is 338 g/mol. The Morgan fingerprint density at radius 3 is 2.70 bits per heavy atom. The van der Waals surface area contributed by atoms with Crippen LogP contribution in [0.1, 0.15) is 40.1 Å². The Morgan fingerprint density at radius 2 is 1.89 bits per heavy atom. The Kier molecular flexibility index (Phi) is 4.44. The third-order valence-corrected chi connectivity index (χ3v) is 5.29. The molecule has 0 radical (unpaired) electrons. The van der Waals surface area contributed by atoms with Gasteiger partial charge >= 0.3 is 0 Å². The van der Waals surface area contributed by atoms with E-state index in [1.807, 2.05) is 50.4 Å². The van der Waals surface area contributed by atoms with Gasteiger partial charge in [0.15, 0.2) is 0 Å².